The number of hydrogen-bond donors (Lipinski definition) is 1. The fourth-order valence-electron chi connectivity index (χ4n) is 5.88. The van der Waals surface area contributed by atoms with Crippen molar-refractivity contribution in [1.82, 2.24) is 25.0 Å². The van der Waals surface area contributed by atoms with Crippen molar-refractivity contribution in [3.8, 4) is 6.07 Å². The van der Waals surface area contributed by atoms with Gasteiger partial charge in [-0.05, 0) is 18.2 Å². The second kappa shape index (κ2) is 12.2. The molecular weight excluding hydrogens is 603 g/mol. The van der Waals surface area contributed by atoms with E-state index in [-0.39, 0.29) is 33.4 Å². The van der Waals surface area contributed by atoms with Crippen LogP contribution in [0.5, 0.6) is 0 Å². The number of morpholine rings is 1. The van der Waals surface area contributed by atoms with Gasteiger partial charge in [0.2, 0.25) is 0 Å². The molecule has 1 N–H and O–H groups in total. The van der Waals surface area contributed by atoms with Crippen LogP contribution < -0.4 is 31.4 Å². The zero-order chi connectivity index (χ0) is 26.6. The molecule has 206 valence electrons. The van der Waals surface area contributed by atoms with E-state index in [4.69, 9.17) is 9.73 Å². The predicted molar refractivity (Wildman–Crippen MR) is 150 cm³/mol. The van der Waals surface area contributed by atoms with E-state index in [0.29, 0.717) is 5.56 Å². The van der Waals surface area contributed by atoms with Gasteiger partial charge in [0.15, 0.2) is 0 Å². The Balaban J connectivity index is 1.05. The molecule has 3 fully saturated rings. The summed E-state index contributed by atoms with van der Waals surface area (Å²) in [6.45, 7) is 13.0. The van der Waals surface area contributed by atoms with Crippen molar-refractivity contribution in [2.75, 3.05) is 76.9 Å². The number of halogens is 1. The first kappa shape index (κ1) is 26.5. The first-order valence-electron chi connectivity index (χ1n) is 13.9. The normalized spacial score (nSPS) is 25.0. The van der Waals surface area contributed by atoms with Gasteiger partial charge in [0, 0.05) is 6.20 Å². The Morgan fingerprint density at radius 1 is 1.03 bits per heavy atom. The van der Waals surface area contributed by atoms with Crippen LogP contribution in [0, 0.1) is 11.3 Å². The third-order valence-corrected chi connectivity index (χ3v) is 9.75. The van der Waals surface area contributed by atoms with E-state index in [9.17, 15) is 5.26 Å². The Labute approximate surface area is 241 Å². The molecule has 0 radical (unpaired) electrons. The molecule has 9 nitrogen and oxygen atoms in total. The van der Waals surface area contributed by atoms with Crippen molar-refractivity contribution in [1.29, 1.82) is 5.26 Å². The molecule has 4 aliphatic heterocycles. The van der Waals surface area contributed by atoms with E-state index in [1.807, 2.05) is 12.1 Å². The molecule has 0 bridgehead atoms. The number of fused-ring (bicyclic) bond motifs is 1. The standard InChI is InChI=1S/C29H36IN8O/c1-22-19-38(27-5-4-23(17-31)29-26(27)3-2-6-33-29)21-25(39-22)20-35-11-13-37(14-12-35)28-16-30-15-24(18-34-28)36-9-7-32-8-10-36/h2-6,15-16,18,22,25,32H,7-14,19-21H2,1H3/q-1/t22-,25+/m1/s1. The average molecular weight is 640 g/mol. The molecule has 10 heteroatoms. The number of pyridine rings is 1. The molecule has 6 rings (SSSR count). The maximum atomic E-state index is 9.54. The van der Waals surface area contributed by atoms with Gasteiger partial charge in [0.05, 0.1) is 11.1 Å². The number of piperazine rings is 2. The molecule has 4 aliphatic rings. The second-order valence-corrected chi connectivity index (χ2v) is 12.5. The number of rotatable bonds is 5. The number of ether oxygens (including phenoxy) is 1. The third-order valence-electron chi connectivity index (χ3n) is 7.84. The van der Waals surface area contributed by atoms with Crippen LogP contribution in [-0.2, 0) is 4.74 Å². The Kier molecular flexibility index (Phi) is 8.29. The van der Waals surface area contributed by atoms with E-state index in [1.54, 1.807) is 6.20 Å². The van der Waals surface area contributed by atoms with E-state index in [0.717, 1.165) is 94.4 Å². The van der Waals surface area contributed by atoms with E-state index in [2.05, 4.69) is 69.4 Å². The monoisotopic (exact) mass is 639 g/mol. The Morgan fingerprint density at radius 2 is 1.87 bits per heavy atom. The summed E-state index contributed by atoms with van der Waals surface area (Å²) < 4.78 is 11.2. The van der Waals surface area contributed by atoms with Gasteiger partial charge >= 0.3 is 190 Å². The van der Waals surface area contributed by atoms with Crippen molar-refractivity contribution in [3.63, 3.8) is 0 Å². The molecule has 0 unspecified atom stereocenters. The van der Waals surface area contributed by atoms with Gasteiger partial charge in [0.25, 0.3) is 0 Å². The summed E-state index contributed by atoms with van der Waals surface area (Å²) in [6, 6.07) is 10.3. The van der Waals surface area contributed by atoms with Crippen LogP contribution in [0.3, 0.4) is 0 Å². The number of allylic oxidation sites excluding steroid dienone is 1. The SMILES string of the molecule is C[C@@H]1CN(c2ccc(C#N)c3ncccc23)C[C@H](CN2CCN(C3=C[I-]C=C(N4CCNCC4)C=N3)CC2)O1. The number of aromatic nitrogens is 1. The van der Waals surface area contributed by atoms with Crippen LogP contribution >= 0.6 is 0 Å². The Hall–Kier alpha value is -2.72. The minimum absolute atomic E-state index is 0.134. The topological polar surface area (TPSA) is 83.3 Å². The first-order valence-corrected chi connectivity index (χ1v) is 16.3. The molecule has 0 amide bonds. The van der Waals surface area contributed by atoms with Gasteiger partial charge in [-0.25, -0.2) is 0 Å². The van der Waals surface area contributed by atoms with Crippen molar-refractivity contribution >= 4 is 22.8 Å². The van der Waals surface area contributed by atoms with Crippen LogP contribution in [0.2, 0.25) is 0 Å². The van der Waals surface area contributed by atoms with Gasteiger partial charge < -0.3 is 0 Å². The summed E-state index contributed by atoms with van der Waals surface area (Å²) in [5.41, 5.74) is 3.83. The van der Waals surface area contributed by atoms with Crippen LogP contribution in [0.1, 0.15) is 12.5 Å². The number of nitriles is 1. The number of hydrogen-bond acceptors (Lipinski definition) is 9. The van der Waals surface area contributed by atoms with Gasteiger partial charge in [-0.1, -0.05) is 0 Å². The summed E-state index contributed by atoms with van der Waals surface area (Å²) in [7, 11) is 0. The van der Waals surface area contributed by atoms with Crippen LogP contribution in [-0.4, -0.2) is 110 Å². The molecule has 0 spiro atoms. The number of nitrogens with zero attached hydrogens (tertiary/aromatic N) is 7. The molecule has 39 heavy (non-hydrogen) atoms. The van der Waals surface area contributed by atoms with Gasteiger partial charge in [0.1, 0.15) is 6.07 Å². The van der Waals surface area contributed by atoms with Gasteiger partial charge in [-0.2, -0.15) is 5.26 Å². The van der Waals surface area contributed by atoms with Crippen LogP contribution in [0.25, 0.3) is 10.9 Å². The predicted octanol–water partition coefficient (Wildman–Crippen LogP) is -0.963. The second-order valence-electron chi connectivity index (χ2n) is 10.5. The van der Waals surface area contributed by atoms with Gasteiger partial charge in [-0.15, -0.1) is 0 Å². The van der Waals surface area contributed by atoms with Crippen LogP contribution in [0.15, 0.2) is 55.1 Å². The zero-order valence-electron chi connectivity index (χ0n) is 22.5. The van der Waals surface area contributed by atoms with Gasteiger partial charge in [-0.3, -0.25) is 4.98 Å². The van der Waals surface area contributed by atoms with Crippen molar-refractivity contribution in [2.24, 2.45) is 4.99 Å². The molecule has 5 heterocycles. The molecule has 2 aromatic rings. The van der Waals surface area contributed by atoms with E-state index < -0.39 is 0 Å². The summed E-state index contributed by atoms with van der Waals surface area (Å²) >= 11 is -0.137. The molecule has 1 aromatic heterocycles. The fraction of sp³-hybridized carbons (Fsp3) is 0.483. The summed E-state index contributed by atoms with van der Waals surface area (Å²) in [6.07, 6.45) is 4.12. The maximum absolute atomic E-state index is 9.54. The first-order chi connectivity index (χ1) is 19.2. The number of aliphatic imine (C=N–C) groups is 1. The fourth-order valence-corrected chi connectivity index (χ4v) is 7.86. The average Bonchev–Trinajstić information content (AvgIpc) is 3.24. The van der Waals surface area contributed by atoms with E-state index in [1.165, 1.54) is 5.70 Å². The Bertz CT molecular complexity index is 1310. The minimum atomic E-state index is -0.137. The van der Waals surface area contributed by atoms with Crippen molar-refractivity contribution < 1.29 is 25.9 Å². The van der Waals surface area contributed by atoms with E-state index >= 15 is 0 Å². The number of benzene rings is 1. The molecule has 3 saturated heterocycles. The molecule has 0 aliphatic carbocycles. The molecular formula is C29H36IN8O-. The van der Waals surface area contributed by atoms with Crippen molar-refractivity contribution in [3.05, 3.63) is 55.7 Å². The number of nitrogens with one attached hydrogen (secondary N) is 1. The Morgan fingerprint density at radius 3 is 2.69 bits per heavy atom. The zero-order valence-corrected chi connectivity index (χ0v) is 24.6. The third kappa shape index (κ3) is 6.06. The van der Waals surface area contributed by atoms with Crippen molar-refractivity contribution in [2.45, 2.75) is 19.1 Å². The number of anilines is 1. The molecule has 2 atom stereocenters. The summed E-state index contributed by atoms with van der Waals surface area (Å²) in [5.74, 6) is 1.15. The summed E-state index contributed by atoms with van der Waals surface area (Å²) in [5, 5.41) is 14.0. The van der Waals surface area contributed by atoms with Crippen LogP contribution in [0.4, 0.5) is 5.69 Å². The quantitative estimate of drug-likeness (QED) is 0.420. The summed E-state index contributed by atoms with van der Waals surface area (Å²) in [4.78, 5) is 19.3. The molecule has 0 saturated carbocycles. The molecule has 1 aromatic carbocycles.